The summed E-state index contributed by atoms with van der Waals surface area (Å²) in [7, 11) is 0. The van der Waals surface area contributed by atoms with Crippen molar-refractivity contribution in [3.8, 4) is 0 Å². The van der Waals surface area contributed by atoms with Crippen molar-refractivity contribution in [3.63, 3.8) is 0 Å². The second kappa shape index (κ2) is 6.96. The fraction of sp³-hybridized carbons (Fsp3) is 0.375. The Balaban J connectivity index is 1.52. The molecule has 3 N–H and O–H groups in total. The zero-order valence-electron chi connectivity index (χ0n) is 12.8. The number of aromatic nitrogens is 2. The molecule has 128 valence electrons. The summed E-state index contributed by atoms with van der Waals surface area (Å²) in [5, 5.41) is 15.4. The van der Waals surface area contributed by atoms with Crippen LogP contribution in [0, 0.1) is 0 Å². The number of benzene rings is 1. The van der Waals surface area contributed by atoms with Crippen LogP contribution in [0.25, 0.3) is 0 Å². The molecule has 24 heavy (non-hydrogen) atoms. The highest BCUT2D eigenvalue weighted by Crippen LogP contribution is 2.30. The van der Waals surface area contributed by atoms with Gasteiger partial charge in [-0.3, -0.25) is 4.57 Å². The molecule has 0 unspecified atom stereocenters. The number of carbonyl (C=O) groups is 1. The summed E-state index contributed by atoms with van der Waals surface area (Å²) in [4.78, 5) is 15.8. The average molecular weight is 336 g/mol. The third-order valence-corrected chi connectivity index (χ3v) is 4.08. The lowest BCUT2D eigenvalue weighted by Crippen LogP contribution is -2.41. The molecule has 0 fully saturated rings. The molecule has 0 saturated carbocycles. The summed E-state index contributed by atoms with van der Waals surface area (Å²) in [5.41, 5.74) is 1.91. The average Bonchev–Trinajstić information content (AvgIpc) is 3.13. The highest BCUT2D eigenvalue weighted by Gasteiger charge is 2.31. The molecule has 0 aliphatic heterocycles. The number of aliphatic hydroxyl groups is 1. The van der Waals surface area contributed by atoms with Gasteiger partial charge in [-0.2, -0.15) is 8.78 Å². The summed E-state index contributed by atoms with van der Waals surface area (Å²) in [6, 6.07) is 6.61. The van der Waals surface area contributed by atoms with E-state index >= 15 is 0 Å². The van der Waals surface area contributed by atoms with Gasteiger partial charge in [0.05, 0.1) is 12.1 Å². The number of halogens is 2. The predicted molar refractivity (Wildman–Crippen MR) is 82.6 cm³/mol. The van der Waals surface area contributed by atoms with Gasteiger partial charge >= 0.3 is 12.6 Å². The molecule has 2 atom stereocenters. The van der Waals surface area contributed by atoms with Crippen LogP contribution in [-0.2, 0) is 12.8 Å². The molecule has 0 radical (unpaired) electrons. The Morgan fingerprint density at radius 2 is 2.21 bits per heavy atom. The molecule has 1 aromatic heterocycles. The topological polar surface area (TPSA) is 79.2 Å². The van der Waals surface area contributed by atoms with Crippen molar-refractivity contribution in [2.24, 2.45) is 0 Å². The van der Waals surface area contributed by atoms with E-state index in [9.17, 15) is 18.7 Å². The number of hydrogen-bond acceptors (Lipinski definition) is 3. The van der Waals surface area contributed by atoms with Gasteiger partial charge in [0.15, 0.2) is 0 Å². The van der Waals surface area contributed by atoms with E-state index in [1.54, 1.807) is 0 Å². The number of nitrogens with one attached hydrogen (secondary N) is 2. The van der Waals surface area contributed by atoms with Crippen LogP contribution in [-0.4, -0.2) is 33.3 Å². The van der Waals surface area contributed by atoms with E-state index in [1.165, 1.54) is 12.4 Å². The Morgan fingerprint density at radius 1 is 1.42 bits per heavy atom. The van der Waals surface area contributed by atoms with Crippen molar-refractivity contribution in [2.45, 2.75) is 31.5 Å². The van der Waals surface area contributed by atoms with Gasteiger partial charge in [-0.1, -0.05) is 24.3 Å². The van der Waals surface area contributed by atoms with E-state index in [4.69, 9.17) is 0 Å². The summed E-state index contributed by atoms with van der Waals surface area (Å²) in [6.07, 6.45) is 2.51. The van der Waals surface area contributed by atoms with E-state index in [1.807, 2.05) is 24.3 Å². The standard InChI is InChI=1S/C16H18F2N4O2/c17-15(18)22-8-7-19-13(22)5-6-20-16(24)21-14-11-4-2-1-3-10(11)9-12(14)23/h1-4,7-8,12,14-15,23H,5-6,9H2,(H2,20,21,24)/t12-,14+/m1/s1. The van der Waals surface area contributed by atoms with Gasteiger partial charge in [0.25, 0.3) is 0 Å². The maximum Gasteiger partial charge on any atom is 0.319 e. The smallest absolute Gasteiger partial charge is 0.319 e. The number of urea groups is 1. The number of carbonyl (C=O) groups excluding carboxylic acids is 1. The SMILES string of the molecule is O=C(NCCc1nccn1C(F)F)N[C@H]1c2ccccc2C[C@H]1O. The first-order valence-electron chi connectivity index (χ1n) is 7.66. The fourth-order valence-electron chi connectivity index (χ4n) is 2.94. The van der Waals surface area contributed by atoms with Crippen molar-refractivity contribution in [3.05, 3.63) is 53.6 Å². The monoisotopic (exact) mass is 336 g/mol. The molecule has 1 aliphatic carbocycles. The first-order valence-corrected chi connectivity index (χ1v) is 7.66. The third kappa shape index (κ3) is 3.38. The lowest BCUT2D eigenvalue weighted by Gasteiger charge is -2.18. The van der Waals surface area contributed by atoms with Gasteiger partial charge < -0.3 is 15.7 Å². The lowest BCUT2D eigenvalue weighted by atomic mass is 10.1. The number of nitrogens with zero attached hydrogens (tertiary/aromatic N) is 2. The van der Waals surface area contributed by atoms with Crippen LogP contribution in [0.2, 0.25) is 0 Å². The number of aliphatic hydroxyl groups excluding tert-OH is 1. The van der Waals surface area contributed by atoms with E-state index in [2.05, 4.69) is 15.6 Å². The van der Waals surface area contributed by atoms with E-state index in [0.29, 0.717) is 6.42 Å². The van der Waals surface area contributed by atoms with Gasteiger partial charge in [-0.25, -0.2) is 9.78 Å². The maximum atomic E-state index is 12.7. The van der Waals surface area contributed by atoms with Crippen LogP contribution in [0.1, 0.15) is 29.5 Å². The van der Waals surface area contributed by atoms with Crippen molar-refractivity contribution in [2.75, 3.05) is 6.54 Å². The molecule has 0 bridgehead atoms. The van der Waals surface area contributed by atoms with Gasteiger partial charge in [0.2, 0.25) is 0 Å². The summed E-state index contributed by atoms with van der Waals surface area (Å²) < 4.78 is 26.2. The Morgan fingerprint density at radius 3 is 3.00 bits per heavy atom. The number of amides is 2. The molecule has 0 spiro atoms. The lowest BCUT2D eigenvalue weighted by molar-refractivity contribution is 0.0670. The highest BCUT2D eigenvalue weighted by molar-refractivity contribution is 5.74. The Kier molecular flexibility index (Phi) is 4.75. The molecule has 1 heterocycles. The Bertz CT molecular complexity index is 720. The van der Waals surface area contributed by atoms with Gasteiger partial charge in [0.1, 0.15) is 5.82 Å². The highest BCUT2D eigenvalue weighted by atomic mass is 19.3. The van der Waals surface area contributed by atoms with E-state index in [-0.39, 0.29) is 18.8 Å². The minimum atomic E-state index is -2.65. The summed E-state index contributed by atoms with van der Waals surface area (Å²) in [6.45, 7) is -2.48. The largest absolute Gasteiger partial charge is 0.390 e. The normalized spacial score (nSPS) is 19.3. The van der Waals surface area contributed by atoms with E-state index < -0.39 is 24.7 Å². The van der Waals surface area contributed by atoms with Crippen LogP contribution >= 0.6 is 0 Å². The van der Waals surface area contributed by atoms with E-state index in [0.717, 1.165) is 15.7 Å². The summed E-state index contributed by atoms with van der Waals surface area (Å²) >= 11 is 0. The molecular formula is C16H18F2N4O2. The fourth-order valence-corrected chi connectivity index (χ4v) is 2.94. The second-order valence-corrected chi connectivity index (χ2v) is 5.63. The minimum absolute atomic E-state index is 0.167. The molecule has 3 rings (SSSR count). The molecule has 1 aromatic carbocycles. The van der Waals surface area contributed by atoms with Crippen molar-refractivity contribution < 1.29 is 18.7 Å². The first-order chi connectivity index (χ1) is 11.6. The zero-order valence-corrected chi connectivity index (χ0v) is 12.8. The van der Waals surface area contributed by atoms with Crippen molar-refractivity contribution >= 4 is 6.03 Å². The van der Waals surface area contributed by atoms with Crippen molar-refractivity contribution in [1.29, 1.82) is 0 Å². The maximum absolute atomic E-state index is 12.7. The number of hydrogen-bond donors (Lipinski definition) is 3. The van der Waals surface area contributed by atoms with Crippen LogP contribution in [0.5, 0.6) is 0 Å². The molecule has 2 aromatic rings. The predicted octanol–water partition coefficient (Wildman–Crippen LogP) is 1.78. The number of fused-ring (bicyclic) bond motifs is 1. The Labute approximate surface area is 137 Å². The molecule has 6 nitrogen and oxygen atoms in total. The van der Waals surface area contributed by atoms with Crippen molar-refractivity contribution in [1.82, 2.24) is 20.2 Å². The van der Waals surface area contributed by atoms with Gasteiger partial charge in [0, 0.05) is 31.8 Å². The summed E-state index contributed by atoms with van der Waals surface area (Å²) in [5.74, 6) is 0.205. The molecule has 2 amide bonds. The van der Waals surface area contributed by atoms with Gasteiger partial charge in [-0.05, 0) is 11.1 Å². The van der Waals surface area contributed by atoms with Gasteiger partial charge in [-0.15, -0.1) is 0 Å². The molecule has 8 heteroatoms. The number of alkyl halides is 2. The van der Waals surface area contributed by atoms with Crippen LogP contribution in [0.15, 0.2) is 36.7 Å². The van der Waals surface area contributed by atoms with Crippen LogP contribution in [0.4, 0.5) is 13.6 Å². The molecule has 0 saturated heterocycles. The first kappa shape index (κ1) is 16.4. The Hall–Kier alpha value is -2.48. The minimum Gasteiger partial charge on any atom is -0.390 e. The number of rotatable bonds is 5. The molecule has 1 aliphatic rings. The van der Waals surface area contributed by atoms with Crippen LogP contribution < -0.4 is 10.6 Å². The quantitative estimate of drug-likeness (QED) is 0.779. The molecular weight excluding hydrogens is 318 g/mol. The third-order valence-electron chi connectivity index (χ3n) is 4.08. The van der Waals surface area contributed by atoms with Crippen LogP contribution in [0.3, 0.4) is 0 Å². The second-order valence-electron chi connectivity index (χ2n) is 5.63. The zero-order chi connectivity index (χ0) is 17.1. The number of imidazole rings is 1.